The summed E-state index contributed by atoms with van der Waals surface area (Å²) in [6.07, 6.45) is -5.87. The van der Waals surface area contributed by atoms with Crippen molar-refractivity contribution in [1.29, 1.82) is 0 Å². The first kappa shape index (κ1) is 18.7. The molecule has 6 nitrogen and oxygen atoms in total. The number of ether oxygens (including phenoxy) is 1. The molecule has 3 N–H and O–H groups in total. The minimum absolute atomic E-state index is 0.0211. The molecule has 1 aromatic carbocycles. The molecule has 134 valence electrons. The second-order valence-corrected chi connectivity index (χ2v) is 8.26. The lowest BCUT2D eigenvalue weighted by Crippen LogP contribution is -2.51. The van der Waals surface area contributed by atoms with E-state index in [1.54, 1.807) is 0 Å². The lowest BCUT2D eigenvalue weighted by Gasteiger charge is -2.36. The average Bonchev–Trinajstić information content (AvgIpc) is 2.53. The third kappa shape index (κ3) is 3.40. The fourth-order valence-electron chi connectivity index (χ4n) is 2.60. The zero-order chi connectivity index (χ0) is 18.2. The molecule has 0 spiro atoms. The van der Waals surface area contributed by atoms with Crippen LogP contribution in [0.5, 0.6) is 0 Å². The first-order valence-electron chi connectivity index (χ1n) is 7.05. The van der Waals surface area contributed by atoms with Crippen molar-refractivity contribution in [2.75, 3.05) is 6.61 Å². The Morgan fingerprint density at radius 2 is 2.08 bits per heavy atom. The molecule has 0 radical (unpaired) electrons. The van der Waals surface area contributed by atoms with Gasteiger partial charge in [0.25, 0.3) is 5.91 Å². The lowest BCUT2D eigenvalue weighted by atomic mass is 9.96. The quantitative estimate of drug-likeness (QED) is 0.479. The number of carbonyl (C=O) groups is 1. The molecule has 1 saturated heterocycles. The Bertz CT molecular complexity index is 736. The number of amides is 1. The normalized spacial score (nSPS) is 25.3. The summed E-state index contributed by atoms with van der Waals surface area (Å²) in [7, 11) is -4.12. The highest BCUT2D eigenvalue weighted by molar-refractivity contribution is 7.92. The lowest BCUT2D eigenvalue weighted by molar-refractivity contribution is -0.137. The molecule has 0 aromatic heterocycles. The van der Waals surface area contributed by atoms with Crippen molar-refractivity contribution >= 4 is 15.7 Å². The van der Waals surface area contributed by atoms with Gasteiger partial charge in [0.1, 0.15) is 6.10 Å². The van der Waals surface area contributed by atoms with Crippen molar-refractivity contribution in [3.05, 3.63) is 29.8 Å². The van der Waals surface area contributed by atoms with E-state index >= 15 is 0 Å². The number of carbonyl (C=O) groups excluding carboxylic acids is 1. The van der Waals surface area contributed by atoms with Crippen LogP contribution in [0.1, 0.15) is 25.3 Å². The summed E-state index contributed by atoms with van der Waals surface area (Å²) in [5, 5.41) is 0. The number of hydrogen-bond donors (Lipinski definition) is 2. The second kappa shape index (κ2) is 6.34. The van der Waals surface area contributed by atoms with Crippen molar-refractivity contribution in [3.8, 4) is 0 Å². The van der Waals surface area contributed by atoms with Crippen LogP contribution < -0.4 is 11.3 Å². The maximum atomic E-state index is 12.9. The van der Waals surface area contributed by atoms with Crippen molar-refractivity contribution in [1.82, 2.24) is 5.43 Å². The second-order valence-electron chi connectivity index (χ2n) is 5.80. The van der Waals surface area contributed by atoms with Gasteiger partial charge in [-0.05, 0) is 31.5 Å². The Kier molecular flexibility index (Phi) is 4.93. The molecule has 24 heavy (non-hydrogen) atoms. The predicted molar refractivity (Wildman–Crippen MR) is 78.3 cm³/mol. The number of rotatable bonds is 3. The molecular weight excluding hydrogens is 349 g/mol. The van der Waals surface area contributed by atoms with E-state index in [9.17, 15) is 26.4 Å². The van der Waals surface area contributed by atoms with Crippen LogP contribution in [-0.4, -0.2) is 31.8 Å². The van der Waals surface area contributed by atoms with Gasteiger partial charge in [-0.1, -0.05) is 6.07 Å². The van der Waals surface area contributed by atoms with Crippen molar-refractivity contribution in [2.24, 2.45) is 5.84 Å². The van der Waals surface area contributed by atoms with Crippen LogP contribution in [0.4, 0.5) is 13.2 Å². The van der Waals surface area contributed by atoms with Gasteiger partial charge >= 0.3 is 6.18 Å². The number of hydrazine groups is 1. The van der Waals surface area contributed by atoms with Crippen LogP contribution >= 0.6 is 0 Å². The highest BCUT2D eigenvalue weighted by atomic mass is 32.2. The van der Waals surface area contributed by atoms with E-state index in [2.05, 4.69) is 0 Å². The minimum Gasteiger partial charge on any atom is -0.368 e. The van der Waals surface area contributed by atoms with E-state index in [4.69, 9.17) is 10.6 Å². The van der Waals surface area contributed by atoms with Crippen LogP contribution in [-0.2, 0) is 25.5 Å². The smallest absolute Gasteiger partial charge is 0.368 e. The Morgan fingerprint density at radius 3 is 2.67 bits per heavy atom. The number of nitrogens with one attached hydrogen (secondary N) is 1. The van der Waals surface area contributed by atoms with E-state index < -0.39 is 43.2 Å². The van der Waals surface area contributed by atoms with Gasteiger partial charge in [-0.2, -0.15) is 13.2 Å². The van der Waals surface area contributed by atoms with E-state index in [1.807, 2.05) is 5.43 Å². The monoisotopic (exact) mass is 366 g/mol. The SMILES string of the molecule is CC1(S(=O)(=O)c2cccc(C(F)(F)F)c2)CCOC(C(=O)NN)C1. The summed E-state index contributed by atoms with van der Waals surface area (Å²) >= 11 is 0. The third-order valence-electron chi connectivity index (χ3n) is 4.12. The zero-order valence-electron chi connectivity index (χ0n) is 12.8. The standard InChI is InChI=1S/C14H17F3N2O4S/c1-13(5-6-23-11(8-13)12(20)19-18)24(21,22)10-4-2-3-9(7-10)14(15,16)17/h2-4,7,11H,5-6,8,18H2,1H3,(H,19,20). The predicted octanol–water partition coefficient (Wildman–Crippen LogP) is 1.41. The van der Waals surface area contributed by atoms with Crippen LogP contribution in [0.3, 0.4) is 0 Å². The maximum absolute atomic E-state index is 12.9. The molecule has 1 heterocycles. The molecule has 2 unspecified atom stereocenters. The summed E-state index contributed by atoms with van der Waals surface area (Å²) in [6.45, 7) is 1.37. The van der Waals surface area contributed by atoms with Crippen LogP contribution in [0.2, 0.25) is 0 Å². The molecule has 1 amide bonds. The van der Waals surface area contributed by atoms with Gasteiger partial charge < -0.3 is 4.74 Å². The van der Waals surface area contributed by atoms with E-state index in [-0.39, 0.29) is 19.4 Å². The molecule has 1 aromatic rings. The Hall–Kier alpha value is -1.65. The molecule has 2 atom stereocenters. The van der Waals surface area contributed by atoms with Gasteiger partial charge in [-0.15, -0.1) is 0 Å². The summed E-state index contributed by atoms with van der Waals surface area (Å²) in [5.74, 6) is 4.34. The number of benzene rings is 1. The Labute approximate surface area is 137 Å². The number of hydrogen-bond acceptors (Lipinski definition) is 5. The van der Waals surface area contributed by atoms with Crippen molar-refractivity contribution < 1.29 is 31.1 Å². The van der Waals surface area contributed by atoms with Gasteiger partial charge in [0.05, 0.1) is 15.2 Å². The summed E-state index contributed by atoms with van der Waals surface area (Å²) in [5.41, 5.74) is 0.839. The third-order valence-corrected chi connectivity index (χ3v) is 6.67. The molecule has 10 heteroatoms. The molecule has 2 rings (SSSR count). The largest absolute Gasteiger partial charge is 0.416 e. The molecule has 0 bridgehead atoms. The first-order valence-corrected chi connectivity index (χ1v) is 8.53. The van der Waals surface area contributed by atoms with Gasteiger partial charge in [-0.25, -0.2) is 14.3 Å². The van der Waals surface area contributed by atoms with E-state index in [0.717, 1.165) is 18.2 Å². The van der Waals surface area contributed by atoms with Gasteiger partial charge in [0.2, 0.25) is 0 Å². The fourth-order valence-corrected chi connectivity index (χ4v) is 4.43. The van der Waals surface area contributed by atoms with Gasteiger partial charge in [0, 0.05) is 13.0 Å². The van der Waals surface area contributed by atoms with Crippen molar-refractivity contribution in [3.63, 3.8) is 0 Å². The fraction of sp³-hybridized carbons (Fsp3) is 0.500. The average molecular weight is 366 g/mol. The maximum Gasteiger partial charge on any atom is 0.416 e. The Balaban J connectivity index is 2.40. The number of nitrogens with two attached hydrogens (primary N) is 1. The molecule has 1 aliphatic rings. The van der Waals surface area contributed by atoms with Crippen LogP contribution in [0.15, 0.2) is 29.2 Å². The summed E-state index contributed by atoms with van der Waals surface area (Å²) in [6, 6.07) is 3.57. The van der Waals surface area contributed by atoms with Gasteiger partial charge in [-0.3, -0.25) is 10.2 Å². The highest BCUT2D eigenvalue weighted by Gasteiger charge is 2.46. The molecule has 1 aliphatic heterocycles. The first-order chi connectivity index (χ1) is 11.0. The summed E-state index contributed by atoms with van der Waals surface area (Å²) in [4.78, 5) is 11.2. The summed E-state index contributed by atoms with van der Waals surface area (Å²) < 4.78 is 68.0. The number of alkyl halides is 3. The van der Waals surface area contributed by atoms with E-state index in [0.29, 0.717) is 6.07 Å². The molecule has 0 aliphatic carbocycles. The highest BCUT2D eigenvalue weighted by Crippen LogP contribution is 2.38. The van der Waals surface area contributed by atoms with E-state index in [1.165, 1.54) is 6.92 Å². The molecular formula is C14H17F3N2O4S. The molecule has 0 saturated carbocycles. The van der Waals surface area contributed by atoms with Crippen LogP contribution in [0.25, 0.3) is 0 Å². The topological polar surface area (TPSA) is 98.5 Å². The minimum atomic E-state index is -4.65. The van der Waals surface area contributed by atoms with Crippen molar-refractivity contribution in [2.45, 2.75) is 41.7 Å². The number of sulfone groups is 1. The van der Waals surface area contributed by atoms with Gasteiger partial charge in [0.15, 0.2) is 9.84 Å². The molecule has 1 fully saturated rings. The van der Waals surface area contributed by atoms with Crippen LogP contribution in [0, 0.1) is 0 Å². The number of halogens is 3. The zero-order valence-corrected chi connectivity index (χ0v) is 13.6. The Morgan fingerprint density at radius 1 is 1.42 bits per heavy atom.